The van der Waals surface area contributed by atoms with Crippen molar-refractivity contribution < 1.29 is 5.11 Å². The second kappa shape index (κ2) is 4.24. The molecule has 0 saturated carbocycles. The molecule has 0 spiro atoms. The Morgan fingerprint density at radius 3 is 2.13 bits per heavy atom. The zero-order chi connectivity index (χ0) is 10.8. The molecule has 0 unspecified atom stereocenters. The van der Waals surface area contributed by atoms with E-state index in [1.807, 2.05) is 0 Å². The molecule has 2 aromatic rings. The molecule has 0 aliphatic rings. The van der Waals surface area contributed by atoms with Crippen LogP contribution in [-0.4, -0.2) is 20.1 Å². The molecule has 0 atom stereocenters. The summed E-state index contributed by atoms with van der Waals surface area (Å²) >= 11 is 6.32. The van der Waals surface area contributed by atoms with Gasteiger partial charge in [0.2, 0.25) is 9.47 Å². The topological polar surface area (TPSA) is 58.9 Å². The zero-order valence-electron chi connectivity index (χ0n) is 7.35. The number of aromatic nitrogens is 3. The maximum absolute atomic E-state index is 9.61. The lowest BCUT2D eigenvalue weighted by Gasteiger charge is -2.02. The van der Waals surface area contributed by atoms with E-state index in [4.69, 9.17) is 0 Å². The first-order valence-corrected chi connectivity index (χ1v) is 5.61. The van der Waals surface area contributed by atoms with Gasteiger partial charge in [0.1, 0.15) is 5.75 Å². The molecule has 1 N–H and O–H groups in total. The summed E-state index contributed by atoms with van der Waals surface area (Å²) in [5, 5.41) is 9.61. The normalized spacial score (nSPS) is 10.3. The first-order chi connectivity index (χ1) is 7.16. The molecule has 2 rings (SSSR count). The van der Waals surface area contributed by atoms with Gasteiger partial charge in [-0.05, 0) is 44.0 Å². The number of halogens is 2. The summed E-state index contributed by atoms with van der Waals surface area (Å²) in [4.78, 5) is 12.1. The van der Waals surface area contributed by atoms with Crippen molar-refractivity contribution in [2.75, 3.05) is 0 Å². The second-order valence-electron chi connectivity index (χ2n) is 2.71. The Morgan fingerprint density at radius 1 is 0.933 bits per heavy atom. The monoisotopic (exact) mass is 329 g/mol. The average molecular weight is 331 g/mol. The van der Waals surface area contributed by atoms with Crippen LogP contribution in [0.4, 0.5) is 0 Å². The lowest BCUT2D eigenvalue weighted by atomic mass is 10.2. The number of phenols is 1. The van der Waals surface area contributed by atoms with E-state index in [0.717, 1.165) is 0 Å². The van der Waals surface area contributed by atoms with Gasteiger partial charge in [-0.3, -0.25) is 0 Å². The third-order valence-corrected chi connectivity index (χ3v) is 2.44. The van der Waals surface area contributed by atoms with Gasteiger partial charge in [0.05, 0.1) is 5.56 Å². The Kier molecular flexibility index (Phi) is 2.97. The first-order valence-electron chi connectivity index (χ1n) is 4.02. The summed E-state index contributed by atoms with van der Waals surface area (Å²) in [6, 6.07) is 6.87. The summed E-state index contributed by atoms with van der Waals surface area (Å²) in [5.74, 6) is 0.560. The van der Waals surface area contributed by atoms with E-state index in [1.54, 1.807) is 24.3 Å². The highest BCUT2D eigenvalue weighted by Crippen LogP contribution is 2.26. The molecule has 0 saturated heterocycles. The standard InChI is InChI=1S/C9H5Br2N3O/c10-8-12-7(13-9(11)14-8)5-3-1-2-4-6(5)15/h1-4,15H. The van der Waals surface area contributed by atoms with Crippen molar-refractivity contribution in [3.8, 4) is 17.1 Å². The molecule has 0 fully saturated rings. The van der Waals surface area contributed by atoms with Crippen molar-refractivity contribution in [1.29, 1.82) is 0 Å². The van der Waals surface area contributed by atoms with E-state index in [0.29, 0.717) is 20.9 Å². The summed E-state index contributed by atoms with van der Waals surface area (Å²) in [6.07, 6.45) is 0. The van der Waals surface area contributed by atoms with Gasteiger partial charge >= 0.3 is 0 Å². The maximum Gasteiger partial charge on any atom is 0.201 e. The van der Waals surface area contributed by atoms with Crippen LogP contribution in [0.1, 0.15) is 0 Å². The van der Waals surface area contributed by atoms with Crippen LogP contribution in [0.5, 0.6) is 5.75 Å². The van der Waals surface area contributed by atoms with Crippen molar-refractivity contribution in [2.24, 2.45) is 0 Å². The molecule has 0 aliphatic carbocycles. The van der Waals surface area contributed by atoms with Gasteiger partial charge in [-0.1, -0.05) is 12.1 Å². The fourth-order valence-electron chi connectivity index (χ4n) is 1.11. The van der Waals surface area contributed by atoms with Crippen molar-refractivity contribution in [3.05, 3.63) is 33.7 Å². The van der Waals surface area contributed by atoms with E-state index in [1.165, 1.54) is 0 Å². The number of phenolic OH excluding ortho intramolecular Hbond substituents is 1. The fourth-order valence-corrected chi connectivity index (χ4v) is 2.02. The van der Waals surface area contributed by atoms with Crippen molar-refractivity contribution in [2.45, 2.75) is 0 Å². The number of rotatable bonds is 1. The predicted molar refractivity (Wildman–Crippen MR) is 62.3 cm³/mol. The van der Waals surface area contributed by atoms with Gasteiger partial charge in [0.15, 0.2) is 5.82 Å². The molecule has 0 bridgehead atoms. The SMILES string of the molecule is Oc1ccccc1-c1nc(Br)nc(Br)n1. The molecule has 15 heavy (non-hydrogen) atoms. The molecular formula is C9H5Br2N3O. The summed E-state index contributed by atoms with van der Waals surface area (Å²) in [5.41, 5.74) is 0.571. The molecule has 6 heteroatoms. The Hall–Kier alpha value is -1.01. The van der Waals surface area contributed by atoms with Crippen molar-refractivity contribution in [1.82, 2.24) is 15.0 Å². The summed E-state index contributed by atoms with van der Waals surface area (Å²) < 4.78 is 0.838. The van der Waals surface area contributed by atoms with E-state index >= 15 is 0 Å². The van der Waals surface area contributed by atoms with Gasteiger partial charge in [-0.15, -0.1) is 0 Å². The smallest absolute Gasteiger partial charge is 0.201 e. The molecule has 1 aromatic heterocycles. The Bertz CT molecular complexity index is 484. The highest BCUT2D eigenvalue weighted by Gasteiger charge is 2.08. The molecule has 0 aliphatic heterocycles. The predicted octanol–water partition coefficient (Wildman–Crippen LogP) is 2.77. The van der Waals surface area contributed by atoms with E-state index < -0.39 is 0 Å². The minimum Gasteiger partial charge on any atom is -0.507 e. The Labute approximate surface area is 103 Å². The number of benzene rings is 1. The van der Waals surface area contributed by atoms with Gasteiger partial charge in [0, 0.05) is 0 Å². The Morgan fingerprint density at radius 2 is 1.53 bits per heavy atom. The first kappa shape index (κ1) is 10.5. The number of aromatic hydroxyl groups is 1. The number of hydrogen-bond acceptors (Lipinski definition) is 4. The third-order valence-electron chi connectivity index (χ3n) is 1.73. The van der Waals surface area contributed by atoms with E-state index in [-0.39, 0.29) is 5.75 Å². The van der Waals surface area contributed by atoms with E-state index in [9.17, 15) is 5.11 Å². The highest BCUT2D eigenvalue weighted by molar-refractivity contribution is 9.11. The lowest BCUT2D eigenvalue weighted by molar-refractivity contribution is 0.477. The molecule has 4 nitrogen and oxygen atoms in total. The van der Waals surface area contributed by atoms with Gasteiger partial charge in [-0.25, -0.2) is 9.97 Å². The molecule has 76 valence electrons. The number of nitrogens with zero attached hydrogens (tertiary/aromatic N) is 3. The molecule has 1 aromatic carbocycles. The van der Waals surface area contributed by atoms with Crippen LogP contribution < -0.4 is 0 Å². The molecular weight excluding hydrogens is 326 g/mol. The van der Waals surface area contributed by atoms with Gasteiger partial charge < -0.3 is 5.11 Å². The molecule has 0 amide bonds. The second-order valence-corrected chi connectivity index (χ2v) is 4.13. The zero-order valence-corrected chi connectivity index (χ0v) is 10.5. The molecule has 0 radical (unpaired) electrons. The van der Waals surface area contributed by atoms with E-state index in [2.05, 4.69) is 46.8 Å². The minimum absolute atomic E-state index is 0.141. The summed E-state index contributed by atoms with van der Waals surface area (Å²) in [6.45, 7) is 0. The highest BCUT2D eigenvalue weighted by atomic mass is 79.9. The average Bonchev–Trinajstić information content (AvgIpc) is 2.16. The molecule has 1 heterocycles. The van der Waals surface area contributed by atoms with Crippen LogP contribution in [0.2, 0.25) is 0 Å². The van der Waals surface area contributed by atoms with Crippen molar-refractivity contribution >= 4 is 31.9 Å². The van der Waals surface area contributed by atoms with Crippen LogP contribution >= 0.6 is 31.9 Å². The number of hydrogen-bond donors (Lipinski definition) is 1. The van der Waals surface area contributed by atoms with Crippen LogP contribution in [0, 0.1) is 0 Å². The van der Waals surface area contributed by atoms with Crippen LogP contribution in [-0.2, 0) is 0 Å². The number of para-hydroxylation sites is 1. The third kappa shape index (κ3) is 2.32. The van der Waals surface area contributed by atoms with Crippen LogP contribution in [0.15, 0.2) is 33.7 Å². The fraction of sp³-hybridized carbons (Fsp3) is 0. The lowest BCUT2D eigenvalue weighted by Crippen LogP contribution is -1.94. The van der Waals surface area contributed by atoms with Gasteiger partial charge in [-0.2, -0.15) is 4.98 Å². The van der Waals surface area contributed by atoms with Gasteiger partial charge in [0.25, 0.3) is 0 Å². The van der Waals surface area contributed by atoms with Crippen molar-refractivity contribution in [3.63, 3.8) is 0 Å². The minimum atomic E-state index is 0.141. The maximum atomic E-state index is 9.61. The summed E-state index contributed by atoms with van der Waals surface area (Å²) in [7, 11) is 0. The quantitative estimate of drug-likeness (QED) is 0.873. The largest absolute Gasteiger partial charge is 0.507 e. The van der Waals surface area contributed by atoms with Crippen LogP contribution in [0.25, 0.3) is 11.4 Å². The van der Waals surface area contributed by atoms with Crippen LogP contribution in [0.3, 0.4) is 0 Å². The Balaban J connectivity index is 2.59.